The van der Waals surface area contributed by atoms with Crippen LogP contribution in [0.4, 0.5) is 0 Å². The van der Waals surface area contributed by atoms with Crippen LogP contribution in [0.5, 0.6) is 5.75 Å². The first-order valence-corrected chi connectivity index (χ1v) is 6.26. The van der Waals surface area contributed by atoms with Crippen LogP contribution in [0.25, 0.3) is 0 Å². The summed E-state index contributed by atoms with van der Waals surface area (Å²) in [4.78, 5) is 25.1. The van der Waals surface area contributed by atoms with Crippen LogP contribution in [0, 0.1) is 6.92 Å². The fourth-order valence-electron chi connectivity index (χ4n) is 1.73. The van der Waals surface area contributed by atoms with Gasteiger partial charge in [-0.15, -0.1) is 0 Å². The van der Waals surface area contributed by atoms with Crippen LogP contribution in [0.1, 0.15) is 15.9 Å². The Kier molecular flexibility index (Phi) is 5.99. The quantitative estimate of drug-likeness (QED) is 0.745. The van der Waals surface area contributed by atoms with Gasteiger partial charge in [0.15, 0.2) is 0 Å². The lowest BCUT2D eigenvalue weighted by Crippen LogP contribution is -2.39. The number of carbonyl (C=O) groups is 2. The van der Waals surface area contributed by atoms with E-state index in [0.29, 0.717) is 24.3 Å². The average molecular weight is 280 g/mol. The van der Waals surface area contributed by atoms with Gasteiger partial charge >= 0.3 is 0 Å². The summed E-state index contributed by atoms with van der Waals surface area (Å²) in [6.45, 7) is 2.55. The second kappa shape index (κ2) is 7.49. The van der Waals surface area contributed by atoms with Gasteiger partial charge in [0, 0.05) is 26.3 Å². The summed E-state index contributed by atoms with van der Waals surface area (Å²) in [6, 6.07) is 4.51. The van der Waals surface area contributed by atoms with Crippen LogP contribution in [-0.2, 0) is 9.53 Å². The Labute approximate surface area is 118 Å². The number of nitrogens with zero attached hydrogens (tertiary/aromatic N) is 1. The van der Waals surface area contributed by atoms with E-state index in [1.54, 1.807) is 27.1 Å². The van der Waals surface area contributed by atoms with Crippen molar-refractivity contribution in [2.24, 2.45) is 0 Å². The highest BCUT2D eigenvalue weighted by Gasteiger charge is 2.16. The minimum atomic E-state index is -0.260. The molecule has 0 fully saturated rings. The second-order valence-electron chi connectivity index (χ2n) is 4.50. The van der Waals surface area contributed by atoms with Crippen molar-refractivity contribution in [3.8, 4) is 5.75 Å². The summed E-state index contributed by atoms with van der Waals surface area (Å²) >= 11 is 0. The molecule has 1 aromatic carbocycles. The van der Waals surface area contributed by atoms with Crippen LogP contribution in [-0.4, -0.2) is 55.7 Å². The number of hydrogen-bond donors (Lipinski definition) is 2. The maximum Gasteiger partial charge on any atom is 0.254 e. The number of benzene rings is 1. The minimum absolute atomic E-state index is 0.0249. The van der Waals surface area contributed by atoms with E-state index in [4.69, 9.17) is 4.74 Å². The molecule has 6 nitrogen and oxygen atoms in total. The third-order valence-corrected chi connectivity index (χ3v) is 2.80. The monoisotopic (exact) mass is 280 g/mol. The Bertz CT molecular complexity index is 488. The number of aryl methyl sites for hydroxylation is 1. The molecule has 0 heterocycles. The molecule has 0 aliphatic rings. The Balaban J connectivity index is 2.60. The van der Waals surface area contributed by atoms with Crippen molar-refractivity contribution in [2.45, 2.75) is 6.92 Å². The van der Waals surface area contributed by atoms with Crippen molar-refractivity contribution in [3.05, 3.63) is 29.3 Å². The Morgan fingerprint density at radius 3 is 2.70 bits per heavy atom. The highest BCUT2D eigenvalue weighted by molar-refractivity contribution is 5.97. The molecular formula is C14H20N2O4. The maximum absolute atomic E-state index is 12.2. The number of ether oxygens (including phenoxy) is 1. The van der Waals surface area contributed by atoms with Gasteiger partial charge in [0.05, 0.1) is 13.2 Å². The number of nitrogens with one attached hydrogen (secondary N) is 1. The molecule has 0 unspecified atom stereocenters. The highest BCUT2D eigenvalue weighted by Crippen LogP contribution is 2.16. The van der Waals surface area contributed by atoms with Gasteiger partial charge < -0.3 is 20.1 Å². The molecule has 2 amide bonds. The van der Waals surface area contributed by atoms with E-state index in [1.165, 1.54) is 17.0 Å². The number of aromatic hydroxyl groups is 1. The van der Waals surface area contributed by atoms with Gasteiger partial charge in [-0.2, -0.15) is 0 Å². The molecule has 0 saturated heterocycles. The molecule has 0 spiro atoms. The van der Waals surface area contributed by atoms with Crippen molar-refractivity contribution >= 4 is 11.8 Å². The first-order chi connectivity index (χ1) is 9.45. The van der Waals surface area contributed by atoms with E-state index in [2.05, 4.69) is 5.32 Å². The third kappa shape index (κ3) is 4.55. The van der Waals surface area contributed by atoms with E-state index in [1.807, 2.05) is 0 Å². The van der Waals surface area contributed by atoms with Gasteiger partial charge in [0.1, 0.15) is 5.75 Å². The van der Waals surface area contributed by atoms with Crippen LogP contribution in [0.2, 0.25) is 0 Å². The lowest BCUT2D eigenvalue weighted by Gasteiger charge is -2.18. The SMILES string of the molecule is COCCNC(=O)CN(C)C(=O)c1ccc(O)cc1C. The van der Waals surface area contributed by atoms with Gasteiger partial charge in [-0.3, -0.25) is 9.59 Å². The lowest BCUT2D eigenvalue weighted by atomic mass is 10.1. The molecule has 0 saturated carbocycles. The summed E-state index contributed by atoms with van der Waals surface area (Å²) < 4.78 is 4.82. The first kappa shape index (κ1) is 16.0. The van der Waals surface area contributed by atoms with Gasteiger partial charge in [-0.05, 0) is 30.7 Å². The largest absolute Gasteiger partial charge is 0.508 e. The highest BCUT2D eigenvalue weighted by atomic mass is 16.5. The van der Waals surface area contributed by atoms with Crippen molar-refractivity contribution in [2.75, 3.05) is 33.9 Å². The molecule has 0 radical (unpaired) electrons. The van der Waals surface area contributed by atoms with Crippen LogP contribution < -0.4 is 5.32 Å². The van der Waals surface area contributed by atoms with Crippen LogP contribution in [0.3, 0.4) is 0 Å². The topological polar surface area (TPSA) is 78.9 Å². The molecule has 1 aromatic rings. The number of rotatable bonds is 6. The third-order valence-electron chi connectivity index (χ3n) is 2.80. The molecule has 1 rings (SSSR count). The van der Waals surface area contributed by atoms with E-state index in [-0.39, 0.29) is 24.1 Å². The molecule has 0 bridgehead atoms. The summed E-state index contributed by atoms with van der Waals surface area (Å²) in [5.41, 5.74) is 1.14. The number of amides is 2. The molecule has 0 aliphatic carbocycles. The van der Waals surface area contributed by atoms with E-state index >= 15 is 0 Å². The number of phenolic OH excluding ortho intramolecular Hbond substituents is 1. The van der Waals surface area contributed by atoms with E-state index < -0.39 is 0 Å². The Morgan fingerprint density at radius 2 is 2.10 bits per heavy atom. The number of likely N-dealkylation sites (N-methyl/N-ethyl adjacent to an activating group) is 1. The zero-order valence-corrected chi connectivity index (χ0v) is 12.0. The van der Waals surface area contributed by atoms with Crippen molar-refractivity contribution in [1.82, 2.24) is 10.2 Å². The summed E-state index contributed by atoms with van der Waals surface area (Å²) in [7, 11) is 3.11. The van der Waals surface area contributed by atoms with Crippen molar-refractivity contribution in [3.63, 3.8) is 0 Å². The summed E-state index contributed by atoms with van der Waals surface area (Å²) in [5.74, 6) is -0.391. The van der Waals surface area contributed by atoms with E-state index in [0.717, 1.165) is 0 Å². The van der Waals surface area contributed by atoms with Gasteiger partial charge in [0.25, 0.3) is 5.91 Å². The molecule has 0 atom stereocenters. The number of hydrogen-bond acceptors (Lipinski definition) is 4. The Morgan fingerprint density at radius 1 is 1.40 bits per heavy atom. The molecule has 0 aromatic heterocycles. The standard InChI is InChI=1S/C14H20N2O4/c1-10-8-11(17)4-5-12(10)14(19)16(2)9-13(18)15-6-7-20-3/h4-5,8,17H,6-7,9H2,1-3H3,(H,15,18). The van der Waals surface area contributed by atoms with Crippen LogP contribution in [0.15, 0.2) is 18.2 Å². The first-order valence-electron chi connectivity index (χ1n) is 6.26. The average Bonchev–Trinajstić information content (AvgIpc) is 2.38. The minimum Gasteiger partial charge on any atom is -0.508 e. The summed E-state index contributed by atoms with van der Waals surface area (Å²) in [5, 5.41) is 12.0. The predicted octanol–water partition coefficient (Wildman–Crippen LogP) is 0.535. The number of carbonyl (C=O) groups excluding carboxylic acids is 2. The smallest absolute Gasteiger partial charge is 0.254 e. The molecule has 0 aliphatic heterocycles. The molecule has 110 valence electrons. The number of methoxy groups -OCH3 is 1. The zero-order valence-electron chi connectivity index (χ0n) is 12.0. The van der Waals surface area contributed by atoms with E-state index in [9.17, 15) is 14.7 Å². The van der Waals surface area contributed by atoms with Gasteiger partial charge in [0.2, 0.25) is 5.91 Å². The van der Waals surface area contributed by atoms with Crippen molar-refractivity contribution < 1.29 is 19.4 Å². The molecule has 20 heavy (non-hydrogen) atoms. The normalized spacial score (nSPS) is 10.2. The van der Waals surface area contributed by atoms with Gasteiger partial charge in [-0.25, -0.2) is 0 Å². The molecular weight excluding hydrogens is 260 g/mol. The fourth-order valence-corrected chi connectivity index (χ4v) is 1.73. The van der Waals surface area contributed by atoms with Crippen LogP contribution >= 0.6 is 0 Å². The Hall–Kier alpha value is -2.08. The lowest BCUT2D eigenvalue weighted by molar-refractivity contribution is -0.121. The fraction of sp³-hybridized carbons (Fsp3) is 0.429. The second-order valence-corrected chi connectivity index (χ2v) is 4.50. The zero-order chi connectivity index (χ0) is 15.1. The molecule has 2 N–H and O–H groups in total. The van der Waals surface area contributed by atoms with Gasteiger partial charge in [-0.1, -0.05) is 0 Å². The molecule has 6 heteroatoms. The van der Waals surface area contributed by atoms with Crippen molar-refractivity contribution in [1.29, 1.82) is 0 Å². The predicted molar refractivity (Wildman–Crippen MR) is 74.7 cm³/mol. The number of phenols is 1. The summed E-state index contributed by atoms with van der Waals surface area (Å²) in [6.07, 6.45) is 0. The maximum atomic E-state index is 12.2.